The first kappa shape index (κ1) is 10.2. The first-order valence-corrected chi connectivity index (χ1v) is 5.11. The summed E-state index contributed by atoms with van der Waals surface area (Å²) in [6.45, 7) is 2.87. The van der Waals surface area contributed by atoms with E-state index in [1.807, 2.05) is 25.1 Å². The first-order valence-electron chi connectivity index (χ1n) is 5.11. The van der Waals surface area contributed by atoms with Crippen LogP contribution >= 0.6 is 0 Å². The number of methoxy groups -OCH3 is 1. The Morgan fingerprint density at radius 1 is 1.40 bits per heavy atom. The summed E-state index contributed by atoms with van der Waals surface area (Å²) in [5, 5.41) is 0. The summed E-state index contributed by atoms with van der Waals surface area (Å²) in [4.78, 5) is 13.4. The zero-order valence-electron chi connectivity index (χ0n) is 9.01. The predicted octanol–water partition coefficient (Wildman–Crippen LogP) is 1.43. The Morgan fingerprint density at radius 2 is 2.07 bits per heavy atom. The molecule has 1 aliphatic rings. The summed E-state index contributed by atoms with van der Waals surface area (Å²) in [5.74, 6) is -0.126. The van der Waals surface area contributed by atoms with Gasteiger partial charge in [0.2, 0.25) is 0 Å². The average molecular weight is 205 g/mol. The highest BCUT2D eigenvalue weighted by Gasteiger charge is 2.49. The maximum atomic E-state index is 11.3. The number of carbonyl (C=O) groups is 1. The minimum atomic E-state index is -0.126. The molecule has 3 heteroatoms. The van der Waals surface area contributed by atoms with Crippen molar-refractivity contribution in [2.45, 2.75) is 25.6 Å². The van der Waals surface area contributed by atoms with Gasteiger partial charge < -0.3 is 4.74 Å². The Labute approximate surface area is 89.7 Å². The van der Waals surface area contributed by atoms with Crippen molar-refractivity contribution in [1.29, 1.82) is 0 Å². The molecule has 3 nitrogen and oxygen atoms in total. The lowest BCUT2D eigenvalue weighted by atomic mass is 10.2. The van der Waals surface area contributed by atoms with Gasteiger partial charge in [0.05, 0.1) is 7.11 Å². The summed E-state index contributed by atoms with van der Waals surface area (Å²) in [7, 11) is 1.44. The van der Waals surface area contributed by atoms with Gasteiger partial charge in [0.25, 0.3) is 0 Å². The molecular formula is C12H15NO2. The van der Waals surface area contributed by atoms with E-state index in [1.165, 1.54) is 12.7 Å². The second-order valence-electron chi connectivity index (χ2n) is 3.87. The highest BCUT2D eigenvalue weighted by molar-refractivity contribution is 5.79. The maximum absolute atomic E-state index is 11.3. The summed E-state index contributed by atoms with van der Waals surface area (Å²) < 4.78 is 4.73. The largest absolute Gasteiger partial charge is 0.468 e. The summed E-state index contributed by atoms with van der Waals surface area (Å²) in [6.07, 6.45) is 0. The monoisotopic (exact) mass is 205 g/mol. The van der Waals surface area contributed by atoms with Crippen molar-refractivity contribution in [2.75, 3.05) is 7.11 Å². The van der Waals surface area contributed by atoms with Crippen LogP contribution in [0.25, 0.3) is 0 Å². The molecular weight excluding hydrogens is 190 g/mol. The molecule has 1 aromatic rings. The molecule has 0 spiro atoms. The second-order valence-corrected chi connectivity index (χ2v) is 3.87. The summed E-state index contributed by atoms with van der Waals surface area (Å²) in [5.41, 5.74) is 1.23. The molecule has 2 rings (SSSR count). The lowest BCUT2D eigenvalue weighted by Crippen LogP contribution is -2.14. The Kier molecular flexibility index (Phi) is 2.73. The van der Waals surface area contributed by atoms with Crippen LogP contribution in [0.2, 0.25) is 0 Å². The van der Waals surface area contributed by atoms with Crippen LogP contribution in [-0.2, 0) is 16.1 Å². The fraction of sp³-hybridized carbons (Fsp3) is 0.417. The standard InChI is InChI=1S/C12H15NO2/c1-9-11(12(14)15-2)13(9)8-10-6-4-3-5-7-10/h3-7,9,11H,8H2,1-2H3/t9-,11+,13?/m0/s1. The molecule has 1 fully saturated rings. The third-order valence-electron chi connectivity index (χ3n) is 2.90. The Balaban J connectivity index is 1.96. The third kappa shape index (κ3) is 2.02. The predicted molar refractivity (Wildman–Crippen MR) is 57.3 cm³/mol. The molecule has 1 unspecified atom stereocenters. The van der Waals surface area contributed by atoms with Crippen LogP contribution in [0.1, 0.15) is 12.5 Å². The fourth-order valence-corrected chi connectivity index (χ4v) is 1.90. The highest BCUT2D eigenvalue weighted by atomic mass is 16.5. The van der Waals surface area contributed by atoms with E-state index in [4.69, 9.17) is 4.74 Å². The first-order chi connectivity index (χ1) is 7.24. The van der Waals surface area contributed by atoms with Gasteiger partial charge in [-0.15, -0.1) is 0 Å². The Bertz CT molecular complexity index is 350. The van der Waals surface area contributed by atoms with Gasteiger partial charge in [0.15, 0.2) is 0 Å². The van der Waals surface area contributed by atoms with Crippen LogP contribution in [0.4, 0.5) is 0 Å². The number of esters is 1. The van der Waals surface area contributed by atoms with Crippen molar-refractivity contribution < 1.29 is 9.53 Å². The van der Waals surface area contributed by atoms with Crippen LogP contribution < -0.4 is 0 Å². The molecule has 15 heavy (non-hydrogen) atoms. The number of hydrogen-bond donors (Lipinski definition) is 0. The number of nitrogens with zero attached hydrogens (tertiary/aromatic N) is 1. The van der Waals surface area contributed by atoms with E-state index in [2.05, 4.69) is 17.0 Å². The fourth-order valence-electron chi connectivity index (χ4n) is 1.90. The van der Waals surface area contributed by atoms with E-state index in [9.17, 15) is 4.79 Å². The molecule has 3 atom stereocenters. The Morgan fingerprint density at radius 3 is 2.67 bits per heavy atom. The van der Waals surface area contributed by atoms with Gasteiger partial charge >= 0.3 is 5.97 Å². The highest BCUT2D eigenvalue weighted by Crippen LogP contribution is 2.30. The Hall–Kier alpha value is -1.35. The molecule has 0 aliphatic carbocycles. The zero-order chi connectivity index (χ0) is 10.8. The van der Waals surface area contributed by atoms with Crippen LogP contribution in [0, 0.1) is 0 Å². The van der Waals surface area contributed by atoms with Gasteiger partial charge in [-0.2, -0.15) is 0 Å². The molecule has 0 radical (unpaired) electrons. The molecule has 0 N–H and O–H groups in total. The molecule has 0 saturated carbocycles. The van der Waals surface area contributed by atoms with E-state index >= 15 is 0 Å². The molecule has 1 aromatic carbocycles. The van der Waals surface area contributed by atoms with Gasteiger partial charge in [0.1, 0.15) is 6.04 Å². The van der Waals surface area contributed by atoms with Crippen molar-refractivity contribution in [3.63, 3.8) is 0 Å². The van der Waals surface area contributed by atoms with Crippen molar-refractivity contribution in [3.05, 3.63) is 35.9 Å². The third-order valence-corrected chi connectivity index (χ3v) is 2.90. The van der Waals surface area contributed by atoms with Gasteiger partial charge in [-0.3, -0.25) is 9.69 Å². The number of rotatable bonds is 3. The SMILES string of the molecule is COC(=O)[C@H]1[C@H](C)N1Cc1ccccc1. The number of hydrogen-bond acceptors (Lipinski definition) is 3. The van der Waals surface area contributed by atoms with E-state index in [0.29, 0.717) is 6.04 Å². The van der Waals surface area contributed by atoms with Gasteiger partial charge in [-0.1, -0.05) is 30.3 Å². The molecule has 1 heterocycles. The number of carbonyl (C=O) groups excluding carboxylic acids is 1. The zero-order valence-corrected chi connectivity index (χ0v) is 9.01. The summed E-state index contributed by atoms with van der Waals surface area (Å²) in [6, 6.07) is 10.4. The van der Waals surface area contributed by atoms with Crippen molar-refractivity contribution in [3.8, 4) is 0 Å². The van der Waals surface area contributed by atoms with E-state index in [1.54, 1.807) is 0 Å². The van der Waals surface area contributed by atoms with Gasteiger partial charge in [-0.05, 0) is 12.5 Å². The number of ether oxygens (including phenoxy) is 1. The molecule has 1 saturated heterocycles. The maximum Gasteiger partial charge on any atom is 0.324 e. The van der Waals surface area contributed by atoms with Crippen molar-refractivity contribution >= 4 is 5.97 Å². The lowest BCUT2D eigenvalue weighted by Gasteiger charge is -2.02. The molecule has 0 aromatic heterocycles. The number of benzene rings is 1. The second kappa shape index (κ2) is 4.03. The van der Waals surface area contributed by atoms with Crippen LogP contribution in [0.5, 0.6) is 0 Å². The molecule has 0 amide bonds. The minimum Gasteiger partial charge on any atom is -0.468 e. The average Bonchev–Trinajstić information content (AvgIpc) is 2.89. The lowest BCUT2D eigenvalue weighted by molar-refractivity contribution is -0.140. The normalized spacial score (nSPS) is 28.5. The van der Waals surface area contributed by atoms with Gasteiger partial charge in [-0.25, -0.2) is 0 Å². The van der Waals surface area contributed by atoms with Crippen LogP contribution in [0.3, 0.4) is 0 Å². The van der Waals surface area contributed by atoms with E-state index < -0.39 is 0 Å². The quantitative estimate of drug-likeness (QED) is 0.552. The van der Waals surface area contributed by atoms with Crippen LogP contribution in [-0.4, -0.2) is 30.1 Å². The minimum absolute atomic E-state index is 0.0461. The van der Waals surface area contributed by atoms with Gasteiger partial charge in [0, 0.05) is 12.6 Å². The molecule has 80 valence electrons. The van der Waals surface area contributed by atoms with Crippen molar-refractivity contribution in [2.24, 2.45) is 0 Å². The topological polar surface area (TPSA) is 29.3 Å². The van der Waals surface area contributed by atoms with Crippen LogP contribution in [0.15, 0.2) is 30.3 Å². The van der Waals surface area contributed by atoms with Crippen molar-refractivity contribution in [1.82, 2.24) is 4.90 Å². The summed E-state index contributed by atoms with van der Waals surface area (Å²) >= 11 is 0. The molecule has 0 bridgehead atoms. The van der Waals surface area contributed by atoms with E-state index in [0.717, 1.165) is 6.54 Å². The van der Waals surface area contributed by atoms with E-state index in [-0.39, 0.29) is 12.0 Å². The smallest absolute Gasteiger partial charge is 0.324 e. The molecule has 1 aliphatic heterocycles.